The van der Waals surface area contributed by atoms with Crippen LogP contribution in [0.15, 0.2) is 23.1 Å². The molecule has 0 aromatic heterocycles. The van der Waals surface area contributed by atoms with Crippen molar-refractivity contribution in [3.8, 4) is 0 Å². The van der Waals surface area contributed by atoms with Gasteiger partial charge >= 0.3 is 6.18 Å². The zero-order chi connectivity index (χ0) is 20.5. The van der Waals surface area contributed by atoms with Crippen molar-refractivity contribution in [2.45, 2.75) is 23.6 Å². The van der Waals surface area contributed by atoms with Gasteiger partial charge in [0.25, 0.3) is 5.91 Å². The Morgan fingerprint density at radius 3 is 2.23 bits per heavy atom. The first-order valence-corrected chi connectivity index (χ1v) is 8.95. The van der Waals surface area contributed by atoms with Crippen LogP contribution in [-0.2, 0) is 19.4 Å². The second-order valence-electron chi connectivity index (χ2n) is 5.71. The van der Waals surface area contributed by atoms with E-state index in [2.05, 4.69) is 0 Å². The van der Waals surface area contributed by atoms with Crippen molar-refractivity contribution in [2.75, 3.05) is 25.2 Å². The van der Waals surface area contributed by atoms with Crippen molar-refractivity contribution in [1.82, 2.24) is 4.90 Å². The standard InChI is InChI=1S/C14H16ClF3N2O5S/c1-13(23,14(16,17)18)12(22)19-10-5-4-8(6-9(10)15)26(24,25)7-11(21)20(2)3/h4-6,23H,7H2,1-3H3,(H,19,22). The smallest absolute Gasteiger partial charge is 0.373 e. The number of amides is 2. The molecule has 1 unspecified atom stereocenters. The molecule has 1 aromatic rings. The van der Waals surface area contributed by atoms with Crippen molar-refractivity contribution in [1.29, 1.82) is 0 Å². The third-order valence-corrected chi connectivity index (χ3v) is 5.27. The summed E-state index contributed by atoms with van der Waals surface area (Å²) in [5, 5.41) is 10.7. The minimum absolute atomic E-state index is 0.266. The fraction of sp³-hybridized carbons (Fsp3) is 0.429. The van der Waals surface area contributed by atoms with Crippen LogP contribution in [0.1, 0.15) is 6.92 Å². The molecule has 0 fully saturated rings. The molecule has 1 atom stereocenters. The maximum absolute atomic E-state index is 12.6. The van der Waals surface area contributed by atoms with Gasteiger partial charge in [0.1, 0.15) is 5.75 Å². The lowest BCUT2D eigenvalue weighted by molar-refractivity contribution is -0.242. The van der Waals surface area contributed by atoms with E-state index < -0.39 is 39.2 Å². The predicted octanol–water partition coefficient (Wildman–Crippen LogP) is 1.45. The summed E-state index contributed by atoms with van der Waals surface area (Å²) in [7, 11) is -1.30. The summed E-state index contributed by atoms with van der Waals surface area (Å²) in [6, 6.07) is 2.82. The van der Waals surface area contributed by atoms with Crippen LogP contribution in [-0.4, -0.2) is 61.9 Å². The number of carbonyl (C=O) groups excluding carboxylic acids is 2. The van der Waals surface area contributed by atoms with Crippen molar-refractivity contribution in [3.05, 3.63) is 23.2 Å². The second-order valence-corrected chi connectivity index (χ2v) is 8.11. The highest BCUT2D eigenvalue weighted by Crippen LogP contribution is 2.32. The van der Waals surface area contributed by atoms with Crippen LogP contribution in [0.3, 0.4) is 0 Å². The van der Waals surface area contributed by atoms with E-state index >= 15 is 0 Å². The van der Waals surface area contributed by atoms with E-state index in [9.17, 15) is 36.3 Å². The molecule has 0 aliphatic heterocycles. The predicted molar refractivity (Wildman–Crippen MR) is 87.5 cm³/mol. The number of sulfone groups is 1. The number of aliphatic hydroxyl groups is 1. The Hall–Kier alpha value is -1.85. The highest BCUT2D eigenvalue weighted by atomic mass is 35.5. The van der Waals surface area contributed by atoms with E-state index in [1.54, 1.807) is 5.32 Å². The topological polar surface area (TPSA) is 104 Å². The summed E-state index contributed by atoms with van der Waals surface area (Å²) in [4.78, 5) is 23.9. The molecule has 0 radical (unpaired) electrons. The molecular weight excluding hydrogens is 401 g/mol. The number of benzene rings is 1. The molecule has 1 rings (SSSR count). The first-order chi connectivity index (χ1) is 11.6. The largest absolute Gasteiger partial charge is 0.426 e. The first-order valence-electron chi connectivity index (χ1n) is 6.92. The zero-order valence-electron chi connectivity index (χ0n) is 13.9. The highest BCUT2D eigenvalue weighted by Gasteiger charge is 2.55. The van der Waals surface area contributed by atoms with Crippen molar-refractivity contribution >= 4 is 38.9 Å². The minimum atomic E-state index is -5.22. The van der Waals surface area contributed by atoms with Gasteiger partial charge in [-0.3, -0.25) is 9.59 Å². The van der Waals surface area contributed by atoms with Crippen LogP contribution < -0.4 is 5.32 Å². The van der Waals surface area contributed by atoms with Gasteiger partial charge in [0, 0.05) is 14.1 Å². The van der Waals surface area contributed by atoms with E-state index in [1.807, 2.05) is 0 Å². The summed E-state index contributed by atoms with van der Waals surface area (Å²) >= 11 is 5.81. The van der Waals surface area contributed by atoms with Crippen LogP contribution >= 0.6 is 11.6 Å². The summed E-state index contributed by atoms with van der Waals surface area (Å²) in [6.07, 6.45) is -5.22. The van der Waals surface area contributed by atoms with Crippen LogP contribution in [0.5, 0.6) is 0 Å². The van der Waals surface area contributed by atoms with Gasteiger partial charge in [0.15, 0.2) is 9.84 Å². The monoisotopic (exact) mass is 416 g/mol. The van der Waals surface area contributed by atoms with Gasteiger partial charge in [-0.15, -0.1) is 0 Å². The average molecular weight is 417 g/mol. The van der Waals surface area contributed by atoms with Crippen LogP contribution in [0, 0.1) is 0 Å². The third-order valence-electron chi connectivity index (χ3n) is 3.35. The second kappa shape index (κ2) is 7.41. The van der Waals surface area contributed by atoms with E-state index in [0.717, 1.165) is 23.1 Å². The first kappa shape index (κ1) is 22.2. The van der Waals surface area contributed by atoms with Gasteiger partial charge in [0.05, 0.1) is 15.6 Å². The Kier molecular flexibility index (Phi) is 6.32. The molecule has 26 heavy (non-hydrogen) atoms. The number of nitrogens with zero attached hydrogens (tertiary/aromatic N) is 1. The van der Waals surface area contributed by atoms with E-state index in [-0.39, 0.29) is 22.5 Å². The van der Waals surface area contributed by atoms with Gasteiger partial charge in [0.2, 0.25) is 11.5 Å². The highest BCUT2D eigenvalue weighted by molar-refractivity contribution is 7.92. The van der Waals surface area contributed by atoms with Gasteiger partial charge in [-0.25, -0.2) is 8.42 Å². The Morgan fingerprint density at radius 1 is 1.27 bits per heavy atom. The molecule has 0 aliphatic rings. The van der Waals surface area contributed by atoms with Gasteiger partial charge in [-0.2, -0.15) is 13.2 Å². The maximum Gasteiger partial charge on any atom is 0.426 e. The molecule has 2 N–H and O–H groups in total. The molecule has 0 aliphatic carbocycles. The van der Waals surface area contributed by atoms with Gasteiger partial charge < -0.3 is 15.3 Å². The molecule has 12 heteroatoms. The summed E-state index contributed by atoms with van der Waals surface area (Å²) in [6.45, 7) is 0.266. The number of carbonyl (C=O) groups is 2. The Morgan fingerprint density at radius 2 is 1.81 bits per heavy atom. The molecule has 1 aromatic carbocycles. The number of alkyl halides is 3. The fourth-order valence-corrected chi connectivity index (χ4v) is 3.15. The summed E-state index contributed by atoms with van der Waals surface area (Å²) < 4.78 is 62.2. The lowest BCUT2D eigenvalue weighted by atomic mass is 10.1. The Bertz CT molecular complexity index is 822. The molecule has 0 spiro atoms. The fourth-order valence-electron chi connectivity index (χ4n) is 1.54. The zero-order valence-corrected chi connectivity index (χ0v) is 15.5. The van der Waals surface area contributed by atoms with E-state index in [0.29, 0.717) is 0 Å². The van der Waals surface area contributed by atoms with Crippen molar-refractivity contribution < 1.29 is 36.3 Å². The van der Waals surface area contributed by atoms with Gasteiger partial charge in [-0.05, 0) is 25.1 Å². The normalized spacial score (nSPS) is 14.5. The molecule has 146 valence electrons. The Balaban J connectivity index is 3.09. The molecule has 2 amide bonds. The maximum atomic E-state index is 12.6. The number of hydrogen-bond acceptors (Lipinski definition) is 5. The number of hydrogen-bond donors (Lipinski definition) is 2. The van der Waals surface area contributed by atoms with Crippen LogP contribution in [0.25, 0.3) is 0 Å². The number of halogens is 4. The molecule has 7 nitrogen and oxygen atoms in total. The quantitative estimate of drug-likeness (QED) is 0.756. The number of nitrogens with one attached hydrogen (secondary N) is 1. The van der Waals surface area contributed by atoms with Crippen LogP contribution in [0.4, 0.5) is 18.9 Å². The SMILES string of the molecule is CN(C)C(=O)CS(=O)(=O)c1ccc(NC(=O)C(C)(O)C(F)(F)F)c(Cl)c1. The molecule has 0 saturated carbocycles. The minimum Gasteiger partial charge on any atom is -0.373 e. The number of anilines is 1. The molecule has 0 bridgehead atoms. The molecule has 0 heterocycles. The van der Waals surface area contributed by atoms with E-state index in [4.69, 9.17) is 11.6 Å². The molecule has 0 saturated heterocycles. The third kappa shape index (κ3) is 4.86. The van der Waals surface area contributed by atoms with Crippen LogP contribution in [0.2, 0.25) is 5.02 Å². The van der Waals surface area contributed by atoms with Crippen molar-refractivity contribution in [2.24, 2.45) is 0 Å². The van der Waals surface area contributed by atoms with Gasteiger partial charge in [-0.1, -0.05) is 11.6 Å². The lowest BCUT2D eigenvalue weighted by Crippen LogP contribution is -2.52. The van der Waals surface area contributed by atoms with E-state index in [1.165, 1.54) is 14.1 Å². The number of rotatable bonds is 5. The van der Waals surface area contributed by atoms with Crippen molar-refractivity contribution in [3.63, 3.8) is 0 Å². The summed E-state index contributed by atoms with van der Waals surface area (Å²) in [5.74, 6) is -3.30. The Labute approximate surface area is 152 Å². The summed E-state index contributed by atoms with van der Waals surface area (Å²) in [5.41, 5.74) is -4.00. The lowest BCUT2D eigenvalue weighted by Gasteiger charge is -2.25. The average Bonchev–Trinajstić information content (AvgIpc) is 2.47. The molecular formula is C14H16ClF3N2O5S.